The normalized spacial score (nSPS) is 12.1. The highest BCUT2D eigenvalue weighted by molar-refractivity contribution is 5.27. The van der Waals surface area contributed by atoms with E-state index >= 15 is 0 Å². The Labute approximate surface area is 124 Å². The first-order chi connectivity index (χ1) is 9.46. The summed E-state index contributed by atoms with van der Waals surface area (Å²) in [6.45, 7) is 13.5. The van der Waals surface area contributed by atoms with Gasteiger partial charge in [0.25, 0.3) is 0 Å². The summed E-state index contributed by atoms with van der Waals surface area (Å²) in [5, 5.41) is 3.57. The van der Waals surface area contributed by atoms with Crippen LogP contribution in [0.1, 0.15) is 38.8 Å². The lowest BCUT2D eigenvalue weighted by Crippen LogP contribution is -2.35. The van der Waals surface area contributed by atoms with Crippen LogP contribution in [0.25, 0.3) is 0 Å². The van der Waals surface area contributed by atoms with Gasteiger partial charge in [-0.25, -0.2) is 0 Å². The van der Waals surface area contributed by atoms with Gasteiger partial charge >= 0.3 is 0 Å². The summed E-state index contributed by atoms with van der Waals surface area (Å²) in [6.07, 6.45) is 0. The van der Waals surface area contributed by atoms with Gasteiger partial charge in [0.2, 0.25) is 0 Å². The van der Waals surface area contributed by atoms with Crippen LogP contribution >= 0.6 is 0 Å². The number of hydrogen-bond donors (Lipinski definition) is 1. The van der Waals surface area contributed by atoms with Gasteiger partial charge in [0, 0.05) is 32.3 Å². The first kappa shape index (κ1) is 17.2. The summed E-state index contributed by atoms with van der Waals surface area (Å²) in [5.41, 5.74) is 2.94. The van der Waals surface area contributed by atoms with Gasteiger partial charge in [-0.15, -0.1) is 0 Å². The van der Waals surface area contributed by atoms with Crippen molar-refractivity contribution < 1.29 is 4.74 Å². The Morgan fingerprint density at radius 2 is 1.80 bits per heavy atom. The largest absolute Gasteiger partial charge is 0.383 e. The SMILES string of the molecule is CCN(CCOC)Cc1ccccc1CNC(C)(C)C. The molecule has 0 amide bonds. The molecular weight excluding hydrogens is 248 g/mol. The molecule has 1 aromatic rings. The Bertz CT molecular complexity index is 385. The third-order valence-corrected chi connectivity index (χ3v) is 3.38. The Morgan fingerprint density at radius 1 is 1.15 bits per heavy atom. The van der Waals surface area contributed by atoms with E-state index < -0.39 is 0 Å². The Kier molecular flexibility index (Phi) is 7.20. The molecule has 0 atom stereocenters. The molecule has 3 heteroatoms. The highest BCUT2D eigenvalue weighted by Crippen LogP contribution is 2.13. The summed E-state index contributed by atoms with van der Waals surface area (Å²) >= 11 is 0. The average Bonchev–Trinajstić information content (AvgIpc) is 2.41. The number of benzene rings is 1. The summed E-state index contributed by atoms with van der Waals surface area (Å²) in [4.78, 5) is 2.42. The molecule has 0 radical (unpaired) electrons. The topological polar surface area (TPSA) is 24.5 Å². The van der Waals surface area contributed by atoms with Crippen molar-refractivity contribution in [2.24, 2.45) is 0 Å². The second kappa shape index (κ2) is 8.40. The molecule has 0 aliphatic heterocycles. The second-order valence-corrected chi connectivity index (χ2v) is 6.23. The molecule has 0 spiro atoms. The van der Waals surface area contributed by atoms with Gasteiger partial charge in [0.05, 0.1) is 6.61 Å². The average molecular weight is 278 g/mol. The fraction of sp³-hybridized carbons (Fsp3) is 0.647. The molecule has 0 aromatic heterocycles. The van der Waals surface area contributed by atoms with Gasteiger partial charge in [-0.2, -0.15) is 0 Å². The second-order valence-electron chi connectivity index (χ2n) is 6.23. The minimum absolute atomic E-state index is 0.146. The van der Waals surface area contributed by atoms with Crippen LogP contribution in [0.3, 0.4) is 0 Å². The predicted molar refractivity (Wildman–Crippen MR) is 85.9 cm³/mol. The fourth-order valence-electron chi connectivity index (χ4n) is 2.05. The molecule has 0 heterocycles. The van der Waals surface area contributed by atoms with E-state index in [0.717, 1.165) is 32.8 Å². The first-order valence-corrected chi connectivity index (χ1v) is 7.49. The Hall–Kier alpha value is -0.900. The first-order valence-electron chi connectivity index (χ1n) is 7.49. The van der Waals surface area contributed by atoms with Crippen molar-refractivity contribution in [2.75, 3.05) is 26.8 Å². The van der Waals surface area contributed by atoms with Crippen molar-refractivity contribution >= 4 is 0 Å². The van der Waals surface area contributed by atoms with E-state index in [-0.39, 0.29) is 5.54 Å². The maximum atomic E-state index is 5.18. The molecule has 0 bridgehead atoms. The van der Waals surface area contributed by atoms with E-state index in [1.807, 2.05) is 0 Å². The standard InChI is InChI=1S/C17H30N2O/c1-6-19(11-12-20-5)14-16-10-8-7-9-15(16)13-18-17(2,3)4/h7-10,18H,6,11-14H2,1-5H3. The van der Waals surface area contributed by atoms with E-state index in [4.69, 9.17) is 4.74 Å². The number of ether oxygens (including phenoxy) is 1. The number of nitrogens with one attached hydrogen (secondary N) is 1. The zero-order valence-corrected chi connectivity index (χ0v) is 13.7. The van der Waals surface area contributed by atoms with Crippen LogP contribution in [0.5, 0.6) is 0 Å². The van der Waals surface area contributed by atoms with Crippen LogP contribution in [0, 0.1) is 0 Å². The van der Waals surface area contributed by atoms with E-state index in [1.54, 1.807) is 7.11 Å². The third-order valence-electron chi connectivity index (χ3n) is 3.38. The van der Waals surface area contributed by atoms with Gasteiger partial charge in [-0.3, -0.25) is 4.90 Å². The summed E-state index contributed by atoms with van der Waals surface area (Å²) in [5.74, 6) is 0. The van der Waals surface area contributed by atoms with Crippen molar-refractivity contribution in [1.82, 2.24) is 10.2 Å². The number of likely N-dealkylation sites (N-methyl/N-ethyl adjacent to an activating group) is 1. The van der Waals surface area contributed by atoms with Crippen LogP contribution in [0.4, 0.5) is 0 Å². The molecule has 0 saturated heterocycles. The zero-order valence-electron chi connectivity index (χ0n) is 13.7. The summed E-state index contributed by atoms with van der Waals surface area (Å²) in [6, 6.07) is 8.70. The van der Waals surface area contributed by atoms with Gasteiger partial charge in [0.1, 0.15) is 0 Å². The lowest BCUT2D eigenvalue weighted by Gasteiger charge is -2.24. The molecule has 0 saturated carbocycles. The summed E-state index contributed by atoms with van der Waals surface area (Å²) < 4.78 is 5.18. The lowest BCUT2D eigenvalue weighted by molar-refractivity contribution is 0.147. The molecule has 3 nitrogen and oxygen atoms in total. The maximum absolute atomic E-state index is 5.18. The van der Waals surface area contributed by atoms with Crippen LogP contribution in [-0.4, -0.2) is 37.2 Å². The molecule has 0 aliphatic carbocycles. The van der Waals surface area contributed by atoms with E-state index in [9.17, 15) is 0 Å². The van der Waals surface area contributed by atoms with Crippen LogP contribution in [0.15, 0.2) is 24.3 Å². The molecule has 0 unspecified atom stereocenters. The Balaban J connectivity index is 2.68. The maximum Gasteiger partial charge on any atom is 0.0589 e. The van der Waals surface area contributed by atoms with Crippen LogP contribution in [0.2, 0.25) is 0 Å². The van der Waals surface area contributed by atoms with E-state index in [0.29, 0.717) is 0 Å². The van der Waals surface area contributed by atoms with Crippen molar-refractivity contribution in [3.05, 3.63) is 35.4 Å². The van der Waals surface area contributed by atoms with Crippen molar-refractivity contribution in [3.63, 3.8) is 0 Å². The number of nitrogens with zero attached hydrogens (tertiary/aromatic N) is 1. The van der Waals surface area contributed by atoms with E-state index in [2.05, 4.69) is 62.2 Å². The monoisotopic (exact) mass is 278 g/mol. The predicted octanol–water partition coefficient (Wildman–Crippen LogP) is 3.04. The van der Waals surface area contributed by atoms with Crippen LogP contribution in [-0.2, 0) is 17.8 Å². The van der Waals surface area contributed by atoms with Gasteiger partial charge in [-0.1, -0.05) is 31.2 Å². The highest BCUT2D eigenvalue weighted by Gasteiger charge is 2.11. The fourth-order valence-corrected chi connectivity index (χ4v) is 2.05. The molecule has 0 fully saturated rings. The third kappa shape index (κ3) is 6.51. The summed E-state index contributed by atoms with van der Waals surface area (Å²) in [7, 11) is 1.76. The van der Waals surface area contributed by atoms with Crippen molar-refractivity contribution in [2.45, 2.75) is 46.3 Å². The van der Waals surface area contributed by atoms with Crippen molar-refractivity contribution in [1.29, 1.82) is 0 Å². The minimum atomic E-state index is 0.146. The highest BCUT2D eigenvalue weighted by atomic mass is 16.5. The smallest absolute Gasteiger partial charge is 0.0589 e. The molecule has 20 heavy (non-hydrogen) atoms. The van der Waals surface area contributed by atoms with Gasteiger partial charge in [-0.05, 0) is 38.4 Å². The number of methoxy groups -OCH3 is 1. The molecule has 114 valence electrons. The quantitative estimate of drug-likeness (QED) is 0.791. The van der Waals surface area contributed by atoms with Crippen LogP contribution < -0.4 is 5.32 Å². The zero-order chi connectivity index (χ0) is 15.0. The minimum Gasteiger partial charge on any atom is -0.383 e. The molecule has 1 rings (SSSR count). The van der Waals surface area contributed by atoms with Gasteiger partial charge < -0.3 is 10.1 Å². The Morgan fingerprint density at radius 3 is 2.35 bits per heavy atom. The van der Waals surface area contributed by atoms with E-state index in [1.165, 1.54) is 11.1 Å². The molecule has 1 aromatic carbocycles. The lowest BCUT2D eigenvalue weighted by atomic mass is 10.0. The molecule has 1 N–H and O–H groups in total. The molecule has 0 aliphatic rings. The number of hydrogen-bond acceptors (Lipinski definition) is 3. The van der Waals surface area contributed by atoms with Crippen molar-refractivity contribution in [3.8, 4) is 0 Å². The number of rotatable bonds is 8. The molecular formula is C17H30N2O. The van der Waals surface area contributed by atoms with Gasteiger partial charge in [0.15, 0.2) is 0 Å².